The molecule has 0 bridgehead atoms. The van der Waals surface area contributed by atoms with Gasteiger partial charge in [0.05, 0.1) is 21.3 Å². The highest BCUT2D eigenvalue weighted by atomic mass is 35.5. The van der Waals surface area contributed by atoms with Gasteiger partial charge in [0, 0.05) is 12.4 Å². The lowest BCUT2D eigenvalue weighted by atomic mass is 10.0. The highest BCUT2D eigenvalue weighted by Gasteiger charge is 2.39. The molecule has 0 unspecified atom stereocenters. The predicted molar refractivity (Wildman–Crippen MR) is 98.6 cm³/mol. The SMILES string of the molecule is CC1(C)Oc2c(OC(F)F)ccc(C(=O)Nc3c(Cl)cncc3Cl)c2NC1=O. The summed E-state index contributed by atoms with van der Waals surface area (Å²) in [5, 5.41) is 5.19. The number of nitrogens with zero attached hydrogens (tertiary/aromatic N) is 1. The Bertz CT molecular complexity index is 949. The summed E-state index contributed by atoms with van der Waals surface area (Å²) in [5.41, 5.74) is -1.43. The minimum absolute atomic E-state index is 0.0654. The largest absolute Gasteiger partial charge is 0.472 e. The van der Waals surface area contributed by atoms with Gasteiger partial charge in [-0.2, -0.15) is 8.78 Å². The van der Waals surface area contributed by atoms with Gasteiger partial charge in [-0.15, -0.1) is 0 Å². The average Bonchev–Trinajstić information content (AvgIpc) is 2.59. The fourth-order valence-corrected chi connectivity index (χ4v) is 2.90. The summed E-state index contributed by atoms with van der Waals surface area (Å²) in [4.78, 5) is 28.8. The molecule has 3 rings (SSSR count). The number of ether oxygens (including phenoxy) is 2. The van der Waals surface area contributed by atoms with Gasteiger partial charge in [0.25, 0.3) is 11.8 Å². The number of fused-ring (bicyclic) bond motifs is 1. The summed E-state index contributed by atoms with van der Waals surface area (Å²) in [7, 11) is 0. The van der Waals surface area contributed by atoms with Gasteiger partial charge < -0.3 is 20.1 Å². The van der Waals surface area contributed by atoms with E-state index in [2.05, 4.69) is 20.4 Å². The Morgan fingerprint density at radius 3 is 2.54 bits per heavy atom. The maximum Gasteiger partial charge on any atom is 0.387 e. The van der Waals surface area contributed by atoms with E-state index in [1.54, 1.807) is 0 Å². The fraction of sp³-hybridized carbons (Fsp3) is 0.235. The summed E-state index contributed by atoms with van der Waals surface area (Å²) in [6.45, 7) is -0.232. The molecule has 148 valence electrons. The van der Waals surface area contributed by atoms with Crippen molar-refractivity contribution in [2.24, 2.45) is 0 Å². The molecule has 2 amide bonds. The lowest BCUT2D eigenvalue weighted by molar-refractivity contribution is -0.129. The first-order valence-corrected chi connectivity index (χ1v) is 8.58. The quantitative estimate of drug-likeness (QED) is 0.750. The highest BCUT2D eigenvalue weighted by molar-refractivity contribution is 6.39. The van der Waals surface area contributed by atoms with Crippen molar-refractivity contribution in [3.8, 4) is 11.5 Å². The molecule has 0 spiro atoms. The standard InChI is InChI=1S/C17H13Cl2F2N3O4/c1-17(2)15(26)24-11-7(3-4-10(13(11)28-17)27-16(20)21)14(25)23-12-8(18)5-22-6-9(12)19/h3-6,16H,1-2H3,(H,24,26)(H,22,23,25). The van der Waals surface area contributed by atoms with Crippen molar-refractivity contribution < 1.29 is 27.8 Å². The van der Waals surface area contributed by atoms with Gasteiger partial charge in [-0.3, -0.25) is 14.6 Å². The van der Waals surface area contributed by atoms with Crippen molar-refractivity contribution >= 4 is 46.4 Å². The second kappa shape index (κ2) is 7.40. The summed E-state index contributed by atoms with van der Waals surface area (Å²) in [5.74, 6) is -1.79. The van der Waals surface area contributed by atoms with E-state index in [1.165, 1.54) is 32.3 Å². The number of alkyl halides is 2. The van der Waals surface area contributed by atoms with E-state index < -0.39 is 24.0 Å². The number of hydrogen-bond donors (Lipinski definition) is 2. The van der Waals surface area contributed by atoms with Crippen molar-refractivity contribution in [2.75, 3.05) is 10.6 Å². The van der Waals surface area contributed by atoms with Gasteiger partial charge in [-0.05, 0) is 26.0 Å². The monoisotopic (exact) mass is 431 g/mol. The molecule has 1 aliphatic rings. The molecule has 1 aromatic carbocycles. The van der Waals surface area contributed by atoms with Crippen LogP contribution in [0.4, 0.5) is 20.2 Å². The number of amides is 2. The van der Waals surface area contributed by atoms with Crippen LogP contribution in [0, 0.1) is 0 Å². The number of anilines is 2. The van der Waals surface area contributed by atoms with E-state index in [-0.39, 0.29) is 38.5 Å². The lowest BCUT2D eigenvalue weighted by Gasteiger charge is -2.33. The molecule has 2 heterocycles. The van der Waals surface area contributed by atoms with Crippen LogP contribution in [-0.4, -0.2) is 29.0 Å². The van der Waals surface area contributed by atoms with Gasteiger partial charge >= 0.3 is 6.61 Å². The Morgan fingerprint density at radius 2 is 1.93 bits per heavy atom. The normalized spacial score (nSPS) is 14.8. The van der Waals surface area contributed by atoms with Crippen LogP contribution in [0.3, 0.4) is 0 Å². The smallest absolute Gasteiger partial charge is 0.387 e. The Labute approximate surface area is 167 Å². The molecule has 2 aromatic rings. The Balaban J connectivity index is 2.05. The van der Waals surface area contributed by atoms with Crippen LogP contribution in [0.1, 0.15) is 24.2 Å². The summed E-state index contributed by atoms with van der Waals surface area (Å²) in [6.07, 6.45) is 2.57. The molecule has 0 saturated carbocycles. The second-order valence-corrected chi connectivity index (χ2v) is 7.01. The third kappa shape index (κ3) is 3.81. The first kappa shape index (κ1) is 20.1. The van der Waals surface area contributed by atoms with E-state index in [4.69, 9.17) is 27.9 Å². The molecule has 0 fully saturated rings. The third-order valence-electron chi connectivity index (χ3n) is 3.82. The van der Waals surface area contributed by atoms with Crippen LogP contribution in [0.2, 0.25) is 10.0 Å². The molecule has 0 aliphatic carbocycles. The second-order valence-electron chi connectivity index (χ2n) is 6.19. The number of carbonyl (C=O) groups is 2. The Kier molecular flexibility index (Phi) is 5.31. The number of hydrogen-bond acceptors (Lipinski definition) is 5. The Hall–Kier alpha value is -2.65. The third-order valence-corrected chi connectivity index (χ3v) is 4.39. The number of halogens is 4. The summed E-state index contributed by atoms with van der Waals surface area (Å²) >= 11 is 12.0. The van der Waals surface area contributed by atoms with Crippen molar-refractivity contribution in [1.82, 2.24) is 4.98 Å². The summed E-state index contributed by atoms with van der Waals surface area (Å²) in [6, 6.07) is 2.35. The summed E-state index contributed by atoms with van der Waals surface area (Å²) < 4.78 is 35.4. The van der Waals surface area contributed by atoms with Crippen molar-refractivity contribution in [3.05, 3.63) is 40.1 Å². The van der Waals surface area contributed by atoms with Gasteiger partial charge in [-0.25, -0.2) is 0 Å². The Morgan fingerprint density at radius 1 is 1.29 bits per heavy atom. The zero-order valence-electron chi connectivity index (χ0n) is 14.5. The molecule has 7 nitrogen and oxygen atoms in total. The van der Waals surface area contributed by atoms with E-state index in [1.807, 2.05) is 0 Å². The van der Waals surface area contributed by atoms with E-state index in [0.717, 1.165) is 6.07 Å². The molecule has 0 saturated heterocycles. The number of rotatable bonds is 4. The first-order chi connectivity index (χ1) is 13.1. The van der Waals surface area contributed by atoms with Gasteiger partial charge in [0.1, 0.15) is 5.69 Å². The number of benzene rings is 1. The van der Waals surface area contributed by atoms with Crippen molar-refractivity contribution in [3.63, 3.8) is 0 Å². The topological polar surface area (TPSA) is 89.6 Å². The lowest BCUT2D eigenvalue weighted by Crippen LogP contribution is -2.46. The van der Waals surface area contributed by atoms with Crippen LogP contribution in [0.25, 0.3) is 0 Å². The van der Waals surface area contributed by atoms with Crippen LogP contribution < -0.4 is 20.1 Å². The minimum Gasteiger partial charge on any atom is -0.472 e. The fourth-order valence-electron chi connectivity index (χ4n) is 2.44. The molecule has 1 aromatic heterocycles. The van der Waals surface area contributed by atoms with Crippen LogP contribution in [-0.2, 0) is 4.79 Å². The van der Waals surface area contributed by atoms with Gasteiger partial charge in [-0.1, -0.05) is 23.2 Å². The van der Waals surface area contributed by atoms with Crippen LogP contribution in [0.5, 0.6) is 11.5 Å². The maximum absolute atomic E-state index is 12.7. The number of carbonyl (C=O) groups excluding carboxylic acids is 2. The molecular formula is C17H13Cl2F2N3O4. The van der Waals surface area contributed by atoms with Crippen molar-refractivity contribution in [1.29, 1.82) is 0 Å². The molecular weight excluding hydrogens is 419 g/mol. The maximum atomic E-state index is 12.7. The molecule has 1 aliphatic heterocycles. The zero-order valence-corrected chi connectivity index (χ0v) is 16.0. The highest BCUT2D eigenvalue weighted by Crippen LogP contribution is 2.44. The van der Waals surface area contributed by atoms with Crippen molar-refractivity contribution in [2.45, 2.75) is 26.1 Å². The van der Waals surface area contributed by atoms with Crippen LogP contribution >= 0.6 is 23.2 Å². The predicted octanol–water partition coefficient (Wildman–Crippen LogP) is 4.35. The molecule has 28 heavy (non-hydrogen) atoms. The molecule has 0 radical (unpaired) electrons. The molecule has 11 heteroatoms. The number of nitrogens with one attached hydrogen (secondary N) is 2. The van der Waals surface area contributed by atoms with Gasteiger partial charge in [0.2, 0.25) is 0 Å². The zero-order chi connectivity index (χ0) is 20.6. The number of aromatic nitrogens is 1. The van der Waals surface area contributed by atoms with E-state index in [9.17, 15) is 18.4 Å². The van der Waals surface area contributed by atoms with Crippen LogP contribution in [0.15, 0.2) is 24.5 Å². The van der Waals surface area contributed by atoms with Gasteiger partial charge in [0.15, 0.2) is 17.1 Å². The number of pyridine rings is 1. The van der Waals surface area contributed by atoms with E-state index in [0.29, 0.717) is 0 Å². The molecule has 0 atom stereocenters. The molecule has 2 N–H and O–H groups in total. The first-order valence-electron chi connectivity index (χ1n) is 7.83. The van der Waals surface area contributed by atoms with E-state index >= 15 is 0 Å². The average molecular weight is 432 g/mol. The minimum atomic E-state index is -3.12.